The van der Waals surface area contributed by atoms with E-state index < -0.39 is 0 Å². The molecule has 0 radical (unpaired) electrons. The quantitative estimate of drug-likeness (QED) is 0.760. The van der Waals surface area contributed by atoms with Gasteiger partial charge in [0.25, 0.3) is 0 Å². The van der Waals surface area contributed by atoms with Gasteiger partial charge in [-0.2, -0.15) is 0 Å². The third kappa shape index (κ3) is 3.58. The Morgan fingerprint density at radius 1 is 1.33 bits per heavy atom. The summed E-state index contributed by atoms with van der Waals surface area (Å²) in [5, 5.41) is 3.35. The van der Waals surface area contributed by atoms with Crippen LogP contribution in [-0.2, 0) is 6.54 Å². The molecular formula is C13H12BrIN2O. The molecule has 1 aromatic carbocycles. The van der Waals surface area contributed by atoms with Crippen molar-refractivity contribution in [1.82, 2.24) is 4.98 Å². The van der Waals surface area contributed by atoms with Gasteiger partial charge in [0.15, 0.2) is 0 Å². The molecule has 2 aromatic rings. The second-order valence-electron chi connectivity index (χ2n) is 3.69. The molecule has 1 heterocycles. The molecule has 1 N–H and O–H groups in total. The lowest BCUT2D eigenvalue weighted by molar-refractivity contribution is 0.397. The molecule has 0 fully saturated rings. The van der Waals surface area contributed by atoms with Crippen molar-refractivity contribution in [3.63, 3.8) is 0 Å². The largest absolute Gasteiger partial charge is 0.481 e. The summed E-state index contributed by atoms with van der Waals surface area (Å²) in [5.74, 6) is 0.635. The van der Waals surface area contributed by atoms with Crippen molar-refractivity contribution in [2.24, 2.45) is 0 Å². The molecule has 3 nitrogen and oxygen atoms in total. The number of nitrogens with one attached hydrogen (secondary N) is 1. The molecule has 0 aliphatic rings. The molecule has 0 bridgehead atoms. The van der Waals surface area contributed by atoms with E-state index in [-0.39, 0.29) is 0 Å². The Labute approximate surface area is 128 Å². The topological polar surface area (TPSA) is 34.1 Å². The van der Waals surface area contributed by atoms with E-state index in [9.17, 15) is 0 Å². The number of aromatic nitrogens is 1. The van der Waals surface area contributed by atoms with E-state index in [2.05, 4.69) is 67.0 Å². The van der Waals surface area contributed by atoms with Crippen LogP contribution in [-0.4, -0.2) is 12.1 Å². The van der Waals surface area contributed by atoms with Crippen molar-refractivity contribution in [3.05, 3.63) is 50.1 Å². The van der Waals surface area contributed by atoms with Crippen LogP contribution in [0.4, 0.5) is 5.69 Å². The number of hydrogen-bond acceptors (Lipinski definition) is 3. The minimum Gasteiger partial charge on any atom is -0.481 e. The summed E-state index contributed by atoms with van der Waals surface area (Å²) in [6.45, 7) is 0.740. The Morgan fingerprint density at radius 2 is 2.17 bits per heavy atom. The molecule has 0 saturated heterocycles. The number of methoxy groups -OCH3 is 1. The molecule has 94 valence electrons. The van der Waals surface area contributed by atoms with Crippen LogP contribution in [0.3, 0.4) is 0 Å². The highest BCUT2D eigenvalue weighted by atomic mass is 127. The number of halogens is 2. The van der Waals surface area contributed by atoms with Gasteiger partial charge in [-0.25, -0.2) is 4.98 Å². The second-order valence-corrected chi connectivity index (χ2v) is 5.71. The van der Waals surface area contributed by atoms with Crippen LogP contribution < -0.4 is 10.1 Å². The molecule has 0 aliphatic carbocycles. The number of pyridine rings is 1. The van der Waals surface area contributed by atoms with E-state index in [1.54, 1.807) is 7.11 Å². The van der Waals surface area contributed by atoms with Crippen molar-refractivity contribution >= 4 is 44.2 Å². The number of ether oxygens (including phenoxy) is 1. The van der Waals surface area contributed by atoms with Crippen LogP contribution in [0, 0.1) is 3.57 Å². The Balaban J connectivity index is 1.99. The Kier molecular flexibility index (Phi) is 4.82. The highest BCUT2D eigenvalue weighted by Crippen LogP contribution is 2.23. The van der Waals surface area contributed by atoms with Gasteiger partial charge in [-0.3, -0.25) is 0 Å². The maximum absolute atomic E-state index is 5.02. The Bertz CT molecular complexity index is 531. The first kappa shape index (κ1) is 13.6. The highest BCUT2D eigenvalue weighted by molar-refractivity contribution is 14.1. The van der Waals surface area contributed by atoms with Gasteiger partial charge in [-0.05, 0) is 62.3 Å². The summed E-state index contributed by atoms with van der Waals surface area (Å²) >= 11 is 5.80. The lowest BCUT2D eigenvalue weighted by Gasteiger charge is -2.08. The first-order valence-corrected chi connectivity index (χ1v) is 7.24. The van der Waals surface area contributed by atoms with Crippen LogP contribution in [0.25, 0.3) is 0 Å². The third-order valence-electron chi connectivity index (χ3n) is 2.42. The van der Waals surface area contributed by atoms with Gasteiger partial charge < -0.3 is 10.1 Å². The van der Waals surface area contributed by atoms with E-state index in [4.69, 9.17) is 4.74 Å². The average molecular weight is 419 g/mol. The van der Waals surface area contributed by atoms with Crippen LogP contribution in [0.15, 0.2) is 41.0 Å². The summed E-state index contributed by atoms with van der Waals surface area (Å²) in [4.78, 5) is 4.17. The molecule has 18 heavy (non-hydrogen) atoms. The van der Waals surface area contributed by atoms with Crippen molar-refractivity contribution in [2.45, 2.75) is 6.54 Å². The lowest BCUT2D eigenvalue weighted by atomic mass is 10.2. The summed E-state index contributed by atoms with van der Waals surface area (Å²) in [6, 6.07) is 10.1. The van der Waals surface area contributed by atoms with Crippen molar-refractivity contribution in [1.29, 1.82) is 0 Å². The van der Waals surface area contributed by atoms with E-state index in [0.29, 0.717) is 5.88 Å². The molecule has 0 saturated carbocycles. The number of hydrogen-bond donors (Lipinski definition) is 1. The number of rotatable bonds is 4. The maximum atomic E-state index is 5.02. The van der Waals surface area contributed by atoms with Crippen LogP contribution >= 0.6 is 38.5 Å². The fourth-order valence-electron chi connectivity index (χ4n) is 1.45. The highest BCUT2D eigenvalue weighted by Gasteiger charge is 1.99. The van der Waals surface area contributed by atoms with E-state index in [0.717, 1.165) is 22.3 Å². The van der Waals surface area contributed by atoms with E-state index in [1.807, 2.05) is 18.3 Å². The fourth-order valence-corrected chi connectivity index (χ4v) is 2.16. The number of nitrogens with zero attached hydrogens (tertiary/aromatic N) is 1. The van der Waals surface area contributed by atoms with Gasteiger partial charge in [0.1, 0.15) is 0 Å². The summed E-state index contributed by atoms with van der Waals surface area (Å²) in [6.07, 6.45) is 1.81. The minimum atomic E-state index is 0.635. The molecule has 5 heteroatoms. The van der Waals surface area contributed by atoms with Gasteiger partial charge in [-0.1, -0.05) is 6.07 Å². The van der Waals surface area contributed by atoms with Crippen molar-refractivity contribution < 1.29 is 4.74 Å². The predicted molar refractivity (Wildman–Crippen MR) is 85.0 cm³/mol. The number of anilines is 1. The third-order valence-corrected chi connectivity index (χ3v) is 4.76. The van der Waals surface area contributed by atoms with Crippen molar-refractivity contribution in [2.75, 3.05) is 12.4 Å². The molecular weight excluding hydrogens is 407 g/mol. The molecule has 0 aliphatic heterocycles. The second kappa shape index (κ2) is 6.38. The standard InChI is InChI=1S/C13H12BrIN2O/c1-18-13-5-2-9(8-17-13)7-16-10-3-4-12(15)11(14)6-10/h2-6,8,16H,7H2,1H3. The Hall–Kier alpha value is -0.820. The van der Waals surface area contributed by atoms with Crippen LogP contribution in [0.2, 0.25) is 0 Å². The van der Waals surface area contributed by atoms with Gasteiger partial charge in [-0.15, -0.1) is 0 Å². The minimum absolute atomic E-state index is 0.635. The predicted octanol–water partition coefficient (Wildman–Crippen LogP) is 4.07. The van der Waals surface area contributed by atoms with Gasteiger partial charge in [0, 0.05) is 32.5 Å². The zero-order valence-corrected chi connectivity index (χ0v) is 13.5. The van der Waals surface area contributed by atoms with Gasteiger partial charge in [0.05, 0.1) is 7.11 Å². The molecule has 0 amide bonds. The number of benzene rings is 1. The monoisotopic (exact) mass is 418 g/mol. The van der Waals surface area contributed by atoms with Gasteiger partial charge in [0.2, 0.25) is 5.88 Å². The molecule has 0 spiro atoms. The van der Waals surface area contributed by atoms with E-state index >= 15 is 0 Å². The SMILES string of the molecule is COc1ccc(CNc2ccc(I)c(Br)c2)cn1. The first-order valence-electron chi connectivity index (χ1n) is 5.37. The van der Waals surface area contributed by atoms with Crippen LogP contribution in [0.1, 0.15) is 5.56 Å². The molecule has 0 unspecified atom stereocenters. The smallest absolute Gasteiger partial charge is 0.212 e. The fraction of sp³-hybridized carbons (Fsp3) is 0.154. The zero-order chi connectivity index (χ0) is 13.0. The molecule has 2 rings (SSSR count). The zero-order valence-electron chi connectivity index (χ0n) is 9.78. The van der Waals surface area contributed by atoms with Crippen molar-refractivity contribution in [3.8, 4) is 5.88 Å². The maximum Gasteiger partial charge on any atom is 0.212 e. The molecule has 1 aromatic heterocycles. The summed E-state index contributed by atoms with van der Waals surface area (Å²) < 4.78 is 7.32. The summed E-state index contributed by atoms with van der Waals surface area (Å²) in [7, 11) is 1.61. The molecule has 0 atom stereocenters. The Morgan fingerprint density at radius 3 is 2.78 bits per heavy atom. The average Bonchev–Trinajstić information content (AvgIpc) is 2.41. The van der Waals surface area contributed by atoms with Crippen LogP contribution in [0.5, 0.6) is 5.88 Å². The summed E-state index contributed by atoms with van der Waals surface area (Å²) in [5.41, 5.74) is 2.20. The van der Waals surface area contributed by atoms with Gasteiger partial charge >= 0.3 is 0 Å². The van der Waals surface area contributed by atoms with E-state index in [1.165, 1.54) is 3.57 Å². The first-order chi connectivity index (χ1) is 8.69. The normalized spacial score (nSPS) is 10.2. The lowest BCUT2D eigenvalue weighted by Crippen LogP contribution is -2.00.